The highest BCUT2D eigenvalue weighted by molar-refractivity contribution is 6.31. The van der Waals surface area contributed by atoms with Crippen LogP contribution in [0.3, 0.4) is 0 Å². The summed E-state index contributed by atoms with van der Waals surface area (Å²) in [5, 5.41) is 28.9. The fraction of sp³-hybridized carbons (Fsp3) is 0.280. The zero-order chi connectivity index (χ0) is 25.7. The van der Waals surface area contributed by atoms with Gasteiger partial charge in [-0.1, -0.05) is 22.9 Å². The van der Waals surface area contributed by atoms with E-state index in [0.29, 0.717) is 28.2 Å². The number of ether oxygens (including phenoxy) is 1. The van der Waals surface area contributed by atoms with Crippen LogP contribution in [0.25, 0.3) is 22.2 Å². The number of carboxylic acid groups (broad SMARTS) is 1. The molecular formula is C25H24ClN5O5. The van der Waals surface area contributed by atoms with E-state index in [1.54, 1.807) is 37.7 Å². The summed E-state index contributed by atoms with van der Waals surface area (Å²) in [7, 11) is 1.55. The molecule has 10 nitrogen and oxygen atoms in total. The van der Waals surface area contributed by atoms with Gasteiger partial charge in [-0.2, -0.15) is 0 Å². The highest BCUT2D eigenvalue weighted by atomic mass is 35.5. The smallest absolute Gasteiger partial charge is 0.309 e. The molecule has 0 aliphatic heterocycles. The lowest BCUT2D eigenvalue weighted by Gasteiger charge is -2.19. The average molecular weight is 510 g/mol. The van der Waals surface area contributed by atoms with Crippen molar-refractivity contribution >= 4 is 28.5 Å². The number of fused-ring (bicyclic) bond motifs is 1. The van der Waals surface area contributed by atoms with Gasteiger partial charge >= 0.3 is 5.97 Å². The summed E-state index contributed by atoms with van der Waals surface area (Å²) in [4.78, 5) is 33.1. The van der Waals surface area contributed by atoms with Crippen molar-refractivity contribution in [3.63, 3.8) is 0 Å². The zero-order valence-electron chi connectivity index (χ0n) is 19.4. The van der Waals surface area contributed by atoms with E-state index in [0.717, 1.165) is 21.5 Å². The van der Waals surface area contributed by atoms with Gasteiger partial charge in [-0.25, -0.2) is 9.67 Å². The first-order valence-corrected chi connectivity index (χ1v) is 11.6. The van der Waals surface area contributed by atoms with E-state index >= 15 is 0 Å². The number of hydrogen-bond donors (Lipinski definition) is 2. The Hall–Kier alpha value is -3.89. The zero-order valence-corrected chi connectivity index (χ0v) is 20.2. The lowest BCUT2D eigenvalue weighted by Crippen LogP contribution is -2.32. The number of carbonyl (C=O) groups is 1. The number of aryl methyl sites for hydroxylation is 2. The number of carboxylic acids is 1. The van der Waals surface area contributed by atoms with Crippen molar-refractivity contribution in [1.29, 1.82) is 0 Å². The number of hydrogen-bond acceptors (Lipinski definition) is 8. The molecule has 1 aromatic carbocycles. The summed E-state index contributed by atoms with van der Waals surface area (Å²) in [6, 6.07) is 12.0. The molecule has 186 valence electrons. The average Bonchev–Trinajstić information content (AvgIpc) is 2.89. The first-order chi connectivity index (χ1) is 17.4. The molecule has 4 rings (SSSR count). The van der Waals surface area contributed by atoms with Gasteiger partial charge in [-0.05, 0) is 55.2 Å². The van der Waals surface area contributed by atoms with Gasteiger partial charge in [0.15, 0.2) is 0 Å². The Kier molecular flexibility index (Phi) is 7.87. The largest absolute Gasteiger partial charge is 0.481 e. The van der Waals surface area contributed by atoms with Crippen LogP contribution < -0.4 is 10.3 Å². The number of aliphatic carboxylic acids is 1. The van der Waals surface area contributed by atoms with Crippen LogP contribution in [-0.2, 0) is 17.8 Å². The Balaban J connectivity index is 1.37. The Bertz CT molecular complexity index is 1410. The van der Waals surface area contributed by atoms with E-state index in [1.807, 2.05) is 18.2 Å². The number of aliphatic hydroxyl groups is 1. The molecule has 3 aromatic heterocycles. The number of nitrogens with zero attached hydrogens (tertiary/aromatic N) is 5. The van der Waals surface area contributed by atoms with Gasteiger partial charge in [0, 0.05) is 35.6 Å². The molecule has 36 heavy (non-hydrogen) atoms. The topological polar surface area (TPSA) is 140 Å². The van der Waals surface area contributed by atoms with Crippen molar-refractivity contribution < 1.29 is 19.7 Å². The molecule has 0 saturated carbocycles. The van der Waals surface area contributed by atoms with Crippen LogP contribution in [0.1, 0.15) is 18.4 Å². The monoisotopic (exact) mass is 509 g/mol. The first-order valence-electron chi connectivity index (χ1n) is 11.2. The maximum atomic E-state index is 12.7. The fourth-order valence-corrected chi connectivity index (χ4v) is 4.02. The Morgan fingerprint density at radius 3 is 2.61 bits per heavy atom. The second-order valence-electron chi connectivity index (χ2n) is 8.26. The summed E-state index contributed by atoms with van der Waals surface area (Å²) >= 11 is 5.92. The second-order valence-corrected chi connectivity index (χ2v) is 8.70. The molecule has 0 aliphatic rings. The molecule has 4 aromatic rings. The molecule has 0 spiro atoms. The quantitative estimate of drug-likeness (QED) is 0.330. The molecule has 11 heteroatoms. The fourth-order valence-electron chi connectivity index (χ4n) is 3.85. The predicted octanol–water partition coefficient (Wildman–Crippen LogP) is 3.00. The standard InChI is InChI=1S/C25H24ClN5O5/c1-36-23-9-4-16(14-28-23)20-7-2-15(13-27-20)3-8-22(32)19(25(34)35)10-11-31-24(33)18-6-5-17(26)12-21(18)29-30-31/h2,4-7,9,12-14,19,22,32H,3,8,10-11H2,1H3,(H,34,35)/t19-,22+/m0/s1. The molecule has 0 unspecified atom stereocenters. The van der Waals surface area contributed by atoms with E-state index in [2.05, 4.69) is 20.3 Å². The van der Waals surface area contributed by atoms with E-state index < -0.39 is 23.6 Å². The molecule has 0 amide bonds. The van der Waals surface area contributed by atoms with Crippen LogP contribution >= 0.6 is 11.6 Å². The van der Waals surface area contributed by atoms with Crippen LogP contribution in [-0.4, -0.2) is 54.4 Å². The van der Waals surface area contributed by atoms with Gasteiger partial charge in [0.05, 0.1) is 30.2 Å². The molecule has 2 N–H and O–H groups in total. The van der Waals surface area contributed by atoms with Crippen LogP contribution in [0.5, 0.6) is 5.88 Å². The highest BCUT2D eigenvalue weighted by Gasteiger charge is 2.26. The van der Waals surface area contributed by atoms with Crippen molar-refractivity contribution in [1.82, 2.24) is 25.0 Å². The Labute approximate surface area is 211 Å². The summed E-state index contributed by atoms with van der Waals surface area (Å²) in [5.74, 6) is -1.70. The number of pyridine rings is 2. The van der Waals surface area contributed by atoms with E-state index in [9.17, 15) is 19.8 Å². The Morgan fingerprint density at radius 1 is 1.11 bits per heavy atom. The third kappa shape index (κ3) is 5.84. The maximum absolute atomic E-state index is 12.7. The number of benzene rings is 1. The SMILES string of the molecule is COc1ccc(-c2ccc(CC[C@@H](O)[C@H](CCn3nnc4cc(Cl)ccc4c3=O)C(=O)O)cn2)cn1. The van der Waals surface area contributed by atoms with Crippen LogP contribution in [0.15, 0.2) is 59.7 Å². The third-order valence-corrected chi connectivity index (χ3v) is 6.15. The molecule has 0 saturated heterocycles. The van der Waals surface area contributed by atoms with Crippen molar-refractivity contribution in [2.75, 3.05) is 7.11 Å². The van der Waals surface area contributed by atoms with E-state index in [1.165, 1.54) is 6.07 Å². The van der Waals surface area contributed by atoms with Crippen LogP contribution in [0.4, 0.5) is 0 Å². The second kappa shape index (κ2) is 11.2. The molecule has 2 atom stereocenters. The van der Waals surface area contributed by atoms with Crippen molar-refractivity contribution in [3.8, 4) is 17.1 Å². The van der Waals surface area contributed by atoms with Crippen molar-refractivity contribution in [3.05, 3.63) is 75.8 Å². The Morgan fingerprint density at radius 2 is 1.94 bits per heavy atom. The van der Waals surface area contributed by atoms with Crippen molar-refractivity contribution in [2.45, 2.75) is 31.9 Å². The summed E-state index contributed by atoms with van der Waals surface area (Å²) in [6.45, 7) is 0.00454. The molecule has 0 fully saturated rings. The van der Waals surface area contributed by atoms with Gasteiger partial charge < -0.3 is 14.9 Å². The lowest BCUT2D eigenvalue weighted by atomic mass is 9.94. The normalized spacial score (nSPS) is 12.9. The van der Waals surface area contributed by atoms with Gasteiger partial charge in [-0.15, -0.1) is 5.10 Å². The highest BCUT2D eigenvalue weighted by Crippen LogP contribution is 2.21. The number of rotatable bonds is 10. The van der Waals surface area contributed by atoms with Crippen LogP contribution in [0.2, 0.25) is 5.02 Å². The van der Waals surface area contributed by atoms with Gasteiger partial charge in [0.2, 0.25) is 5.88 Å². The minimum atomic E-state index is -1.14. The first kappa shape index (κ1) is 25.2. The third-order valence-electron chi connectivity index (χ3n) is 5.91. The lowest BCUT2D eigenvalue weighted by molar-refractivity contribution is -0.146. The number of aromatic nitrogens is 5. The number of halogens is 1. The molecule has 3 heterocycles. The molecular weight excluding hydrogens is 486 g/mol. The van der Waals surface area contributed by atoms with Crippen LogP contribution in [0, 0.1) is 5.92 Å². The molecule has 0 bridgehead atoms. The molecule has 0 aliphatic carbocycles. The maximum Gasteiger partial charge on any atom is 0.309 e. The summed E-state index contributed by atoms with van der Waals surface area (Å²) in [6.07, 6.45) is 2.93. The minimum absolute atomic E-state index is 0.00454. The van der Waals surface area contributed by atoms with E-state index in [4.69, 9.17) is 16.3 Å². The van der Waals surface area contributed by atoms with Crippen molar-refractivity contribution in [2.24, 2.45) is 5.92 Å². The van der Waals surface area contributed by atoms with Gasteiger partial charge in [-0.3, -0.25) is 14.6 Å². The molecule has 0 radical (unpaired) electrons. The summed E-state index contributed by atoms with van der Waals surface area (Å²) in [5.41, 5.74) is 2.40. The predicted molar refractivity (Wildman–Crippen MR) is 133 cm³/mol. The minimum Gasteiger partial charge on any atom is -0.481 e. The number of methoxy groups -OCH3 is 1. The number of aliphatic hydroxyl groups excluding tert-OH is 1. The van der Waals surface area contributed by atoms with Gasteiger partial charge in [0.25, 0.3) is 5.56 Å². The van der Waals surface area contributed by atoms with E-state index in [-0.39, 0.29) is 19.4 Å². The van der Waals surface area contributed by atoms with Gasteiger partial charge in [0.1, 0.15) is 5.52 Å². The summed E-state index contributed by atoms with van der Waals surface area (Å²) < 4.78 is 6.17.